The maximum atomic E-state index is 11.4. The molecule has 1 aliphatic carbocycles. The molecule has 16 heavy (non-hydrogen) atoms. The average Bonchev–Trinajstić information content (AvgIpc) is 2.23. The highest BCUT2D eigenvalue weighted by Gasteiger charge is 2.26. The predicted octanol–water partition coefficient (Wildman–Crippen LogP) is 3.04. The van der Waals surface area contributed by atoms with Crippen molar-refractivity contribution in [2.75, 3.05) is 6.61 Å². The lowest BCUT2D eigenvalue weighted by Gasteiger charge is -2.22. The number of hydrogen-bond acceptors (Lipinski definition) is 2. The monoisotopic (exact) mass is 216 g/mol. The van der Waals surface area contributed by atoms with Gasteiger partial charge in [0.2, 0.25) is 0 Å². The van der Waals surface area contributed by atoms with Gasteiger partial charge in [-0.2, -0.15) is 0 Å². The lowest BCUT2D eigenvalue weighted by molar-refractivity contribution is -0.150. The van der Waals surface area contributed by atoms with Crippen LogP contribution in [0.15, 0.2) is 36.4 Å². The quantitative estimate of drug-likeness (QED) is 0.723. The Morgan fingerprint density at radius 2 is 2.06 bits per heavy atom. The Kier molecular flexibility index (Phi) is 3.76. The minimum absolute atomic E-state index is 0.0380. The zero-order valence-corrected chi connectivity index (χ0v) is 9.26. The van der Waals surface area contributed by atoms with E-state index in [4.69, 9.17) is 4.74 Å². The molecule has 0 bridgehead atoms. The van der Waals surface area contributed by atoms with Crippen LogP contribution in [0.3, 0.4) is 0 Å². The molecule has 1 saturated carbocycles. The SMILES string of the molecule is O=C(OCC=Cc1ccccc1)C1CCC1. The maximum Gasteiger partial charge on any atom is 0.309 e. The van der Waals surface area contributed by atoms with Crippen molar-refractivity contribution in [2.24, 2.45) is 5.92 Å². The predicted molar refractivity (Wildman–Crippen MR) is 63.8 cm³/mol. The molecule has 0 unspecified atom stereocenters. The summed E-state index contributed by atoms with van der Waals surface area (Å²) in [5, 5.41) is 0. The first-order valence-corrected chi connectivity index (χ1v) is 5.74. The first-order chi connectivity index (χ1) is 7.86. The summed E-state index contributed by atoms with van der Waals surface area (Å²) in [5.41, 5.74) is 1.13. The van der Waals surface area contributed by atoms with Crippen molar-refractivity contribution in [3.05, 3.63) is 42.0 Å². The van der Waals surface area contributed by atoms with Crippen molar-refractivity contribution in [1.29, 1.82) is 0 Å². The summed E-state index contributed by atoms with van der Waals surface area (Å²) in [6, 6.07) is 9.99. The van der Waals surface area contributed by atoms with E-state index in [1.54, 1.807) is 0 Å². The molecule has 0 aromatic heterocycles. The van der Waals surface area contributed by atoms with Crippen molar-refractivity contribution in [3.8, 4) is 0 Å². The van der Waals surface area contributed by atoms with Gasteiger partial charge in [-0.05, 0) is 24.5 Å². The van der Waals surface area contributed by atoms with Crippen molar-refractivity contribution in [2.45, 2.75) is 19.3 Å². The molecule has 0 heterocycles. The van der Waals surface area contributed by atoms with Crippen molar-refractivity contribution in [3.63, 3.8) is 0 Å². The van der Waals surface area contributed by atoms with Gasteiger partial charge < -0.3 is 4.74 Å². The first kappa shape index (κ1) is 10.9. The lowest BCUT2D eigenvalue weighted by atomic mass is 9.86. The molecule has 0 radical (unpaired) electrons. The number of rotatable bonds is 4. The molecule has 1 aliphatic rings. The third-order valence-electron chi connectivity index (χ3n) is 2.87. The number of esters is 1. The molecule has 2 heteroatoms. The highest BCUT2D eigenvalue weighted by Crippen LogP contribution is 2.27. The van der Waals surface area contributed by atoms with Gasteiger partial charge in [0, 0.05) is 0 Å². The molecule has 1 aromatic carbocycles. The molecule has 0 spiro atoms. The zero-order chi connectivity index (χ0) is 11.2. The normalized spacial score (nSPS) is 16.0. The maximum absolute atomic E-state index is 11.4. The van der Waals surface area contributed by atoms with Gasteiger partial charge >= 0.3 is 5.97 Å². The van der Waals surface area contributed by atoms with E-state index >= 15 is 0 Å². The van der Waals surface area contributed by atoms with Gasteiger partial charge in [-0.25, -0.2) is 0 Å². The fourth-order valence-electron chi connectivity index (χ4n) is 1.64. The van der Waals surface area contributed by atoms with Crippen LogP contribution in [0.1, 0.15) is 24.8 Å². The van der Waals surface area contributed by atoms with E-state index in [-0.39, 0.29) is 11.9 Å². The third kappa shape index (κ3) is 2.96. The molecule has 0 aliphatic heterocycles. The zero-order valence-electron chi connectivity index (χ0n) is 9.26. The molecule has 0 atom stereocenters. The van der Waals surface area contributed by atoms with E-state index in [9.17, 15) is 4.79 Å². The van der Waals surface area contributed by atoms with Crippen LogP contribution in [0.2, 0.25) is 0 Å². The fourth-order valence-corrected chi connectivity index (χ4v) is 1.64. The Morgan fingerprint density at radius 1 is 1.31 bits per heavy atom. The Morgan fingerprint density at radius 3 is 2.69 bits per heavy atom. The average molecular weight is 216 g/mol. The summed E-state index contributed by atoms with van der Waals surface area (Å²) in [6.07, 6.45) is 7.02. The van der Waals surface area contributed by atoms with Crippen LogP contribution >= 0.6 is 0 Å². The van der Waals surface area contributed by atoms with Gasteiger partial charge in [-0.3, -0.25) is 4.79 Å². The lowest BCUT2D eigenvalue weighted by Crippen LogP contribution is -2.24. The van der Waals surface area contributed by atoms with Crippen LogP contribution in [-0.2, 0) is 9.53 Å². The van der Waals surface area contributed by atoms with Crippen LogP contribution in [0, 0.1) is 5.92 Å². The summed E-state index contributed by atoms with van der Waals surface area (Å²) in [6.45, 7) is 0.379. The molecule has 2 nitrogen and oxygen atoms in total. The van der Waals surface area contributed by atoms with E-state index in [1.807, 2.05) is 42.5 Å². The Hall–Kier alpha value is -1.57. The van der Waals surface area contributed by atoms with Crippen LogP contribution in [0.5, 0.6) is 0 Å². The van der Waals surface area contributed by atoms with Gasteiger partial charge in [-0.15, -0.1) is 0 Å². The molecule has 0 amide bonds. The standard InChI is InChI=1S/C14H16O2/c15-14(13-9-4-10-13)16-11-5-8-12-6-2-1-3-7-12/h1-3,5-8,13H,4,9-11H2. The number of benzene rings is 1. The van der Waals surface area contributed by atoms with Crippen LogP contribution in [-0.4, -0.2) is 12.6 Å². The number of carbonyl (C=O) groups is 1. The Bertz CT molecular complexity index is 364. The van der Waals surface area contributed by atoms with Gasteiger partial charge in [-0.1, -0.05) is 42.8 Å². The van der Waals surface area contributed by atoms with Gasteiger partial charge in [0.1, 0.15) is 6.61 Å². The van der Waals surface area contributed by atoms with Crippen LogP contribution < -0.4 is 0 Å². The molecule has 0 N–H and O–H groups in total. The highest BCUT2D eigenvalue weighted by atomic mass is 16.5. The summed E-state index contributed by atoms with van der Waals surface area (Å²) in [5.74, 6) is 0.133. The van der Waals surface area contributed by atoms with Crippen LogP contribution in [0.25, 0.3) is 6.08 Å². The van der Waals surface area contributed by atoms with Crippen molar-refractivity contribution < 1.29 is 9.53 Å². The molecular weight excluding hydrogens is 200 g/mol. The fraction of sp³-hybridized carbons (Fsp3) is 0.357. The number of carbonyl (C=O) groups excluding carboxylic acids is 1. The minimum Gasteiger partial charge on any atom is -0.461 e. The molecular formula is C14H16O2. The van der Waals surface area contributed by atoms with Gasteiger partial charge in [0.25, 0.3) is 0 Å². The summed E-state index contributed by atoms with van der Waals surface area (Å²) >= 11 is 0. The minimum atomic E-state index is -0.0380. The topological polar surface area (TPSA) is 26.3 Å². The van der Waals surface area contributed by atoms with E-state index < -0.39 is 0 Å². The van der Waals surface area contributed by atoms with E-state index in [2.05, 4.69) is 0 Å². The second-order valence-corrected chi connectivity index (χ2v) is 4.07. The molecule has 2 rings (SSSR count). The molecule has 1 fully saturated rings. The van der Waals surface area contributed by atoms with Crippen LogP contribution in [0.4, 0.5) is 0 Å². The molecule has 0 saturated heterocycles. The van der Waals surface area contributed by atoms with Crippen molar-refractivity contribution in [1.82, 2.24) is 0 Å². The second kappa shape index (κ2) is 5.50. The van der Waals surface area contributed by atoms with Crippen molar-refractivity contribution >= 4 is 12.0 Å². The second-order valence-electron chi connectivity index (χ2n) is 4.07. The summed E-state index contributed by atoms with van der Waals surface area (Å²) in [7, 11) is 0. The van der Waals surface area contributed by atoms with Gasteiger partial charge in [0.05, 0.1) is 5.92 Å². The summed E-state index contributed by atoms with van der Waals surface area (Å²) in [4.78, 5) is 11.4. The molecule has 1 aromatic rings. The Labute approximate surface area is 95.9 Å². The number of ether oxygens (including phenoxy) is 1. The van der Waals surface area contributed by atoms with E-state index in [0.29, 0.717) is 6.61 Å². The third-order valence-corrected chi connectivity index (χ3v) is 2.87. The smallest absolute Gasteiger partial charge is 0.309 e. The number of hydrogen-bond donors (Lipinski definition) is 0. The summed E-state index contributed by atoms with van der Waals surface area (Å²) < 4.78 is 5.14. The Balaban J connectivity index is 1.71. The largest absolute Gasteiger partial charge is 0.461 e. The van der Waals surface area contributed by atoms with E-state index in [1.165, 1.54) is 6.42 Å². The first-order valence-electron chi connectivity index (χ1n) is 5.74. The highest BCUT2D eigenvalue weighted by molar-refractivity contribution is 5.73. The molecule has 84 valence electrons. The van der Waals surface area contributed by atoms with Gasteiger partial charge in [0.15, 0.2) is 0 Å². The van der Waals surface area contributed by atoms with E-state index in [0.717, 1.165) is 18.4 Å².